The summed E-state index contributed by atoms with van der Waals surface area (Å²) in [6, 6.07) is 22.2. The molecule has 0 bridgehead atoms. The van der Waals surface area contributed by atoms with Crippen LogP contribution in [0.2, 0.25) is 0 Å². The van der Waals surface area contributed by atoms with E-state index in [1.54, 1.807) is 12.1 Å². The number of phenolic OH excluding ortho intramolecular Hbond substituents is 1. The van der Waals surface area contributed by atoms with Gasteiger partial charge < -0.3 is 5.11 Å². The van der Waals surface area contributed by atoms with Crippen LogP contribution in [0.1, 0.15) is 11.1 Å². The topological polar surface area (TPSA) is 23.5 Å². The molecular weight excluding hydrogens is 282 g/mol. The first-order chi connectivity index (χ1) is 11.2. The van der Waals surface area contributed by atoms with Crippen molar-refractivity contribution < 1.29 is 5.11 Å². The number of hydrogen-bond donors (Lipinski definition) is 1. The molecule has 3 rings (SSSR count). The largest absolute Gasteiger partial charge is 0.508 e. The number of hydrogen-bond acceptors (Lipinski definition) is 2. The van der Waals surface area contributed by atoms with Crippen molar-refractivity contribution in [3.8, 4) is 5.75 Å². The highest BCUT2D eigenvalue weighted by molar-refractivity contribution is 5.85. The first-order valence-corrected chi connectivity index (χ1v) is 7.83. The van der Waals surface area contributed by atoms with E-state index < -0.39 is 0 Å². The second-order valence-corrected chi connectivity index (χ2v) is 5.83. The third-order valence-electron chi connectivity index (χ3n) is 3.94. The quantitative estimate of drug-likeness (QED) is 0.739. The summed E-state index contributed by atoms with van der Waals surface area (Å²) in [5.41, 5.74) is 2.45. The number of nitrogens with zero attached hydrogens (tertiary/aromatic N) is 1. The standard InChI is InChI=1S/C21H21NO/c1-22(15-5-6-17-11-13-20(23)14-12-17)16-19-9-4-8-18-7-2-3-10-21(18)19/h2-14,23H,15-16H2,1H3. The molecule has 0 aliphatic carbocycles. The van der Waals surface area contributed by atoms with Gasteiger partial charge in [-0.3, -0.25) is 4.90 Å². The summed E-state index contributed by atoms with van der Waals surface area (Å²) < 4.78 is 0. The maximum absolute atomic E-state index is 9.29. The second kappa shape index (κ2) is 7.12. The molecule has 0 fully saturated rings. The van der Waals surface area contributed by atoms with Crippen LogP contribution in [-0.4, -0.2) is 23.6 Å². The number of benzene rings is 3. The molecule has 0 amide bonds. The maximum atomic E-state index is 9.29. The molecule has 0 aromatic heterocycles. The van der Waals surface area contributed by atoms with Gasteiger partial charge in [0.05, 0.1) is 0 Å². The first kappa shape index (κ1) is 15.3. The molecule has 0 radical (unpaired) electrons. The molecule has 23 heavy (non-hydrogen) atoms. The SMILES string of the molecule is CN(CC=Cc1ccc(O)cc1)Cc1cccc2ccccc12. The Morgan fingerprint density at radius 2 is 1.65 bits per heavy atom. The zero-order valence-electron chi connectivity index (χ0n) is 13.3. The van der Waals surface area contributed by atoms with Crippen LogP contribution in [0.15, 0.2) is 72.8 Å². The third-order valence-corrected chi connectivity index (χ3v) is 3.94. The molecule has 3 aromatic carbocycles. The first-order valence-electron chi connectivity index (χ1n) is 7.83. The molecule has 0 unspecified atom stereocenters. The Balaban J connectivity index is 1.64. The Bertz CT molecular complexity index is 800. The summed E-state index contributed by atoms with van der Waals surface area (Å²) in [6.07, 6.45) is 4.23. The van der Waals surface area contributed by atoms with Gasteiger partial charge in [-0.05, 0) is 41.1 Å². The minimum absolute atomic E-state index is 0.301. The lowest BCUT2D eigenvalue weighted by Gasteiger charge is -2.16. The summed E-state index contributed by atoms with van der Waals surface area (Å²) in [5, 5.41) is 11.9. The van der Waals surface area contributed by atoms with Gasteiger partial charge in [0.1, 0.15) is 5.75 Å². The van der Waals surface area contributed by atoms with E-state index in [0.29, 0.717) is 5.75 Å². The van der Waals surface area contributed by atoms with Crippen molar-refractivity contribution in [2.24, 2.45) is 0 Å². The highest BCUT2D eigenvalue weighted by Crippen LogP contribution is 2.19. The summed E-state index contributed by atoms with van der Waals surface area (Å²) in [5.74, 6) is 0.301. The van der Waals surface area contributed by atoms with E-state index in [1.807, 2.05) is 12.1 Å². The van der Waals surface area contributed by atoms with Crippen molar-refractivity contribution in [1.82, 2.24) is 4.90 Å². The predicted octanol–water partition coefficient (Wildman–Crippen LogP) is 4.69. The molecule has 0 atom stereocenters. The smallest absolute Gasteiger partial charge is 0.115 e. The Morgan fingerprint density at radius 3 is 2.48 bits per heavy atom. The number of fused-ring (bicyclic) bond motifs is 1. The molecule has 0 heterocycles. The lowest BCUT2D eigenvalue weighted by molar-refractivity contribution is 0.365. The van der Waals surface area contributed by atoms with E-state index in [1.165, 1.54) is 16.3 Å². The summed E-state index contributed by atoms with van der Waals surface area (Å²) >= 11 is 0. The molecule has 0 saturated heterocycles. The number of phenols is 1. The molecule has 116 valence electrons. The average molecular weight is 303 g/mol. The van der Waals surface area contributed by atoms with Gasteiger partial charge in [0, 0.05) is 13.1 Å². The van der Waals surface area contributed by atoms with Crippen LogP contribution in [0.4, 0.5) is 0 Å². The van der Waals surface area contributed by atoms with Gasteiger partial charge in [-0.15, -0.1) is 0 Å². The summed E-state index contributed by atoms with van der Waals surface area (Å²) in [6.45, 7) is 1.80. The summed E-state index contributed by atoms with van der Waals surface area (Å²) in [7, 11) is 2.13. The van der Waals surface area contributed by atoms with Gasteiger partial charge >= 0.3 is 0 Å². The molecule has 0 spiro atoms. The van der Waals surface area contributed by atoms with Crippen LogP contribution >= 0.6 is 0 Å². The van der Waals surface area contributed by atoms with Crippen molar-refractivity contribution in [1.29, 1.82) is 0 Å². The molecular formula is C21H21NO. The van der Waals surface area contributed by atoms with Gasteiger partial charge in [-0.25, -0.2) is 0 Å². The van der Waals surface area contributed by atoms with E-state index in [2.05, 4.69) is 66.6 Å². The van der Waals surface area contributed by atoms with Crippen molar-refractivity contribution in [3.63, 3.8) is 0 Å². The van der Waals surface area contributed by atoms with E-state index in [-0.39, 0.29) is 0 Å². The number of aromatic hydroxyl groups is 1. The zero-order valence-corrected chi connectivity index (χ0v) is 13.3. The molecule has 2 nitrogen and oxygen atoms in total. The van der Waals surface area contributed by atoms with Gasteiger partial charge in [-0.1, -0.05) is 66.7 Å². The molecule has 0 aliphatic heterocycles. The van der Waals surface area contributed by atoms with Crippen LogP contribution in [-0.2, 0) is 6.54 Å². The zero-order chi connectivity index (χ0) is 16.1. The third kappa shape index (κ3) is 3.99. The molecule has 2 heteroatoms. The Hall–Kier alpha value is -2.58. The molecule has 3 aromatic rings. The normalized spacial score (nSPS) is 11.6. The van der Waals surface area contributed by atoms with Crippen LogP contribution in [0.5, 0.6) is 5.75 Å². The van der Waals surface area contributed by atoms with E-state index in [9.17, 15) is 5.11 Å². The average Bonchev–Trinajstić information content (AvgIpc) is 2.57. The molecule has 0 saturated carbocycles. The fourth-order valence-corrected chi connectivity index (χ4v) is 2.74. The van der Waals surface area contributed by atoms with Gasteiger partial charge in [0.2, 0.25) is 0 Å². The monoisotopic (exact) mass is 303 g/mol. The minimum atomic E-state index is 0.301. The predicted molar refractivity (Wildman–Crippen MR) is 97.4 cm³/mol. The Kier molecular flexibility index (Phi) is 4.74. The minimum Gasteiger partial charge on any atom is -0.508 e. The van der Waals surface area contributed by atoms with Gasteiger partial charge in [0.15, 0.2) is 0 Å². The van der Waals surface area contributed by atoms with Gasteiger partial charge in [0.25, 0.3) is 0 Å². The number of rotatable bonds is 5. The van der Waals surface area contributed by atoms with Crippen molar-refractivity contribution in [2.45, 2.75) is 6.54 Å². The maximum Gasteiger partial charge on any atom is 0.115 e. The number of likely N-dealkylation sites (N-methyl/N-ethyl adjacent to an activating group) is 1. The lowest BCUT2D eigenvalue weighted by atomic mass is 10.0. The fourth-order valence-electron chi connectivity index (χ4n) is 2.74. The van der Waals surface area contributed by atoms with Crippen LogP contribution in [0.3, 0.4) is 0 Å². The highest BCUT2D eigenvalue weighted by Gasteiger charge is 2.03. The molecule has 0 aliphatic rings. The van der Waals surface area contributed by atoms with Crippen LogP contribution in [0, 0.1) is 0 Å². The van der Waals surface area contributed by atoms with Crippen molar-refractivity contribution in [2.75, 3.05) is 13.6 Å². The highest BCUT2D eigenvalue weighted by atomic mass is 16.3. The second-order valence-electron chi connectivity index (χ2n) is 5.83. The Labute approximate surface area is 137 Å². The van der Waals surface area contributed by atoms with E-state index >= 15 is 0 Å². The van der Waals surface area contributed by atoms with Crippen molar-refractivity contribution >= 4 is 16.8 Å². The Morgan fingerprint density at radius 1 is 0.913 bits per heavy atom. The van der Waals surface area contributed by atoms with Crippen molar-refractivity contribution in [3.05, 3.63) is 83.9 Å². The van der Waals surface area contributed by atoms with Crippen LogP contribution < -0.4 is 0 Å². The fraction of sp³-hybridized carbons (Fsp3) is 0.143. The van der Waals surface area contributed by atoms with E-state index in [4.69, 9.17) is 0 Å². The summed E-state index contributed by atoms with van der Waals surface area (Å²) in [4.78, 5) is 2.29. The lowest BCUT2D eigenvalue weighted by Crippen LogP contribution is -2.17. The van der Waals surface area contributed by atoms with E-state index in [0.717, 1.165) is 18.7 Å². The van der Waals surface area contributed by atoms with Gasteiger partial charge in [-0.2, -0.15) is 0 Å². The molecule has 1 N–H and O–H groups in total. The van der Waals surface area contributed by atoms with Crippen LogP contribution in [0.25, 0.3) is 16.8 Å².